The lowest BCUT2D eigenvalue weighted by Gasteiger charge is -2.32. The predicted molar refractivity (Wildman–Crippen MR) is 100 cm³/mol. The molecule has 0 radical (unpaired) electrons. The van der Waals surface area contributed by atoms with E-state index in [2.05, 4.69) is 39.2 Å². The Morgan fingerprint density at radius 3 is 2.88 bits per heavy atom. The quantitative estimate of drug-likeness (QED) is 0.879. The number of carbonyl (C=O) groups excluding carboxylic acids is 1. The van der Waals surface area contributed by atoms with E-state index in [-0.39, 0.29) is 5.91 Å². The van der Waals surface area contributed by atoms with Gasteiger partial charge in [-0.3, -0.25) is 9.69 Å². The van der Waals surface area contributed by atoms with Crippen molar-refractivity contribution in [3.8, 4) is 0 Å². The average molecular weight is 356 g/mol. The zero-order chi connectivity index (χ0) is 18.1. The van der Waals surface area contributed by atoms with Gasteiger partial charge < -0.3 is 10.2 Å². The minimum atomic E-state index is -0.0780. The summed E-state index contributed by atoms with van der Waals surface area (Å²) in [6.07, 6.45) is 6.81. The summed E-state index contributed by atoms with van der Waals surface area (Å²) >= 11 is 0. The predicted octanol–water partition coefficient (Wildman–Crippen LogP) is 0.831. The lowest BCUT2D eigenvalue weighted by atomic mass is 9.89. The van der Waals surface area contributed by atoms with Gasteiger partial charge >= 0.3 is 0 Å². The number of nitrogens with one attached hydrogen (secondary N) is 1. The SMILES string of the molecule is C[C@H]1CCc2c(cnc3c(C(=O)NCCN4CCN(C)CC4)cnn23)C1. The Labute approximate surface area is 154 Å². The molecule has 0 saturated carbocycles. The molecule has 7 heteroatoms. The molecule has 0 bridgehead atoms. The van der Waals surface area contributed by atoms with Crippen LogP contribution in [0.3, 0.4) is 0 Å². The molecular formula is C19H28N6O. The van der Waals surface area contributed by atoms with E-state index >= 15 is 0 Å². The summed E-state index contributed by atoms with van der Waals surface area (Å²) < 4.78 is 1.87. The number of hydrogen-bond donors (Lipinski definition) is 1. The number of likely N-dealkylation sites (N-methyl/N-ethyl adjacent to an activating group) is 1. The number of fused-ring (bicyclic) bond motifs is 3. The first-order chi connectivity index (χ1) is 12.6. The average Bonchev–Trinajstić information content (AvgIpc) is 3.07. The number of piperazine rings is 1. The molecule has 1 aliphatic carbocycles. The molecule has 140 valence electrons. The first-order valence-corrected chi connectivity index (χ1v) is 9.65. The largest absolute Gasteiger partial charge is 0.351 e. The van der Waals surface area contributed by atoms with E-state index in [1.54, 1.807) is 6.20 Å². The van der Waals surface area contributed by atoms with E-state index in [9.17, 15) is 4.79 Å². The van der Waals surface area contributed by atoms with E-state index in [4.69, 9.17) is 0 Å². The summed E-state index contributed by atoms with van der Waals surface area (Å²) in [5.74, 6) is 0.611. The summed E-state index contributed by atoms with van der Waals surface area (Å²) in [7, 11) is 2.15. The van der Waals surface area contributed by atoms with Crippen molar-refractivity contribution in [3.05, 3.63) is 29.2 Å². The standard InChI is InChI=1S/C19H28N6O/c1-14-3-4-17-15(11-14)12-21-18-16(13-22-25(17)18)19(26)20-5-6-24-9-7-23(2)8-10-24/h12-14H,3-11H2,1-2H3,(H,20,26)/t14-/m0/s1. The number of aryl methyl sites for hydroxylation is 1. The van der Waals surface area contributed by atoms with Crippen molar-refractivity contribution >= 4 is 11.6 Å². The van der Waals surface area contributed by atoms with E-state index in [1.165, 1.54) is 17.7 Å². The second-order valence-corrected chi connectivity index (χ2v) is 7.77. The zero-order valence-corrected chi connectivity index (χ0v) is 15.7. The van der Waals surface area contributed by atoms with Crippen LogP contribution < -0.4 is 5.32 Å². The Balaban J connectivity index is 1.41. The molecule has 26 heavy (non-hydrogen) atoms. The highest BCUT2D eigenvalue weighted by molar-refractivity contribution is 5.99. The normalized spacial score (nSPS) is 21.7. The molecule has 3 heterocycles. The van der Waals surface area contributed by atoms with Crippen LogP contribution in [0.15, 0.2) is 12.4 Å². The fourth-order valence-corrected chi connectivity index (χ4v) is 3.97. The molecular weight excluding hydrogens is 328 g/mol. The number of hydrogen-bond acceptors (Lipinski definition) is 5. The van der Waals surface area contributed by atoms with Crippen LogP contribution in [-0.4, -0.2) is 76.6 Å². The van der Waals surface area contributed by atoms with Crippen molar-refractivity contribution in [3.63, 3.8) is 0 Å². The number of amides is 1. The molecule has 1 fully saturated rings. The van der Waals surface area contributed by atoms with Crippen LogP contribution in [0.1, 0.15) is 35.0 Å². The maximum Gasteiger partial charge on any atom is 0.256 e. The summed E-state index contributed by atoms with van der Waals surface area (Å²) in [6.45, 7) is 8.13. The summed E-state index contributed by atoms with van der Waals surface area (Å²) in [5, 5.41) is 7.50. The molecule has 2 aliphatic rings. The van der Waals surface area contributed by atoms with Crippen LogP contribution in [-0.2, 0) is 12.8 Å². The summed E-state index contributed by atoms with van der Waals surface area (Å²) in [6, 6.07) is 0. The van der Waals surface area contributed by atoms with Crippen molar-refractivity contribution in [2.24, 2.45) is 5.92 Å². The number of nitrogens with zero attached hydrogens (tertiary/aromatic N) is 5. The van der Waals surface area contributed by atoms with Gasteiger partial charge in [0.15, 0.2) is 5.65 Å². The topological polar surface area (TPSA) is 65.8 Å². The molecule has 1 atom stereocenters. The van der Waals surface area contributed by atoms with Crippen molar-refractivity contribution < 1.29 is 4.79 Å². The molecule has 1 N–H and O–H groups in total. The first-order valence-electron chi connectivity index (χ1n) is 9.65. The van der Waals surface area contributed by atoms with E-state index in [0.29, 0.717) is 23.7 Å². The molecule has 2 aromatic rings. The van der Waals surface area contributed by atoms with Gasteiger partial charge in [-0.25, -0.2) is 9.50 Å². The lowest BCUT2D eigenvalue weighted by Crippen LogP contribution is -2.46. The second-order valence-electron chi connectivity index (χ2n) is 7.77. The Morgan fingerprint density at radius 2 is 2.08 bits per heavy atom. The Morgan fingerprint density at radius 1 is 1.27 bits per heavy atom. The molecule has 4 rings (SSSR count). The summed E-state index contributed by atoms with van der Waals surface area (Å²) in [5.41, 5.74) is 3.73. The Bertz CT molecular complexity index is 793. The van der Waals surface area contributed by atoms with Crippen LogP contribution >= 0.6 is 0 Å². The molecule has 2 aromatic heterocycles. The van der Waals surface area contributed by atoms with Gasteiger partial charge in [-0.15, -0.1) is 0 Å². The van der Waals surface area contributed by atoms with Crippen molar-refractivity contribution in [1.29, 1.82) is 0 Å². The van der Waals surface area contributed by atoms with Crippen LogP contribution in [0.25, 0.3) is 5.65 Å². The second kappa shape index (κ2) is 7.32. The smallest absolute Gasteiger partial charge is 0.256 e. The molecule has 0 unspecified atom stereocenters. The lowest BCUT2D eigenvalue weighted by molar-refractivity contribution is 0.0942. The van der Waals surface area contributed by atoms with Crippen LogP contribution in [0.5, 0.6) is 0 Å². The highest BCUT2D eigenvalue weighted by Gasteiger charge is 2.22. The monoisotopic (exact) mass is 356 g/mol. The van der Waals surface area contributed by atoms with Crippen LogP contribution in [0, 0.1) is 5.92 Å². The Hall–Kier alpha value is -1.99. The molecule has 7 nitrogen and oxygen atoms in total. The van der Waals surface area contributed by atoms with Gasteiger partial charge in [-0.1, -0.05) is 6.92 Å². The molecule has 1 amide bonds. The maximum absolute atomic E-state index is 12.6. The van der Waals surface area contributed by atoms with E-state index in [1.807, 2.05) is 10.7 Å². The van der Waals surface area contributed by atoms with Gasteiger partial charge in [0.25, 0.3) is 5.91 Å². The highest BCUT2D eigenvalue weighted by Crippen LogP contribution is 2.25. The van der Waals surface area contributed by atoms with Gasteiger partial charge in [-0.05, 0) is 37.8 Å². The third kappa shape index (κ3) is 3.46. The fourth-order valence-electron chi connectivity index (χ4n) is 3.97. The third-order valence-electron chi connectivity index (χ3n) is 5.71. The van der Waals surface area contributed by atoms with Gasteiger partial charge in [-0.2, -0.15) is 5.10 Å². The van der Waals surface area contributed by atoms with Gasteiger partial charge in [0, 0.05) is 51.2 Å². The number of carbonyl (C=O) groups is 1. The fraction of sp³-hybridized carbons (Fsp3) is 0.632. The van der Waals surface area contributed by atoms with Gasteiger partial charge in [0.05, 0.1) is 6.20 Å². The van der Waals surface area contributed by atoms with Crippen molar-refractivity contribution in [2.45, 2.75) is 26.2 Å². The minimum absolute atomic E-state index is 0.0780. The Kier molecular flexibility index (Phi) is 4.91. The molecule has 0 spiro atoms. The van der Waals surface area contributed by atoms with E-state index in [0.717, 1.165) is 45.6 Å². The molecule has 1 aliphatic heterocycles. The van der Waals surface area contributed by atoms with Gasteiger partial charge in [0.1, 0.15) is 5.56 Å². The highest BCUT2D eigenvalue weighted by atomic mass is 16.1. The maximum atomic E-state index is 12.6. The van der Waals surface area contributed by atoms with Gasteiger partial charge in [0.2, 0.25) is 0 Å². The zero-order valence-electron chi connectivity index (χ0n) is 15.7. The van der Waals surface area contributed by atoms with E-state index < -0.39 is 0 Å². The number of rotatable bonds is 4. The van der Waals surface area contributed by atoms with Crippen LogP contribution in [0.4, 0.5) is 0 Å². The van der Waals surface area contributed by atoms with Crippen LogP contribution in [0.2, 0.25) is 0 Å². The van der Waals surface area contributed by atoms with Crippen molar-refractivity contribution in [1.82, 2.24) is 29.7 Å². The third-order valence-corrected chi connectivity index (χ3v) is 5.71. The van der Waals surface area contributed by atoms with Crippen molar-refractivity contribution in [2.75, 3.05) is 46.3 Å². The molecule has 0 aromatic carbocycles. The minimum Gasteiger partial charge on any atom is -0.351 e. The molecule has 1 saturated heterocycles. The summed E-state index contributed by atoms with van der Waals surface area (Å²) in [4.78, 5) is 21.9. The number of aromatic nitrogens is 3. The first kappa shape index (κ1) is 17.4.